The molecule has 0 aliphatic heterocycles. The van der Waals surface area contributed by atoms with Crippen LogP contribution < -0.4 is 9.88 Å². The minimum atomic E-state index is -3.92. The van der Waals surface area contributed by atoms with Crippen LogP contribution in [-0.4, -0.2) is 8.42 Å². The second-order valence-electron chi connectivity index (χ2n) is 4.16. The molecule has 0 atom stereocenters. The van der Waals surface area contributed by atoms with Gasteiger partial charge in [-0.1, -0.05) is 31.9 Å². The average molecular weight is 439 g/mol. The fourth-order valence-electron chi connectivity index (χ4n) is 1.63. The maximum atomic E-state index is 13.2. The Kier molecular flexibility index (Phi) is 5.03. The first kappa shape index (κ1) is 16.4. The lowest BCUT2D eigenvalue weighted by molar-refractivity contribution is 0.296. The standard InChI is InChI=1S/C13H10Br2FNO3S/c14-9-1-4-12(13(6-9)21(17,18)19)20-7-8-5-10(16)2-3-11(8)15/h1-6H,7H2,(H2,17,18,19). The molecule has 0 radical (unpaired) electrons. The molecule has 4 nitrogen and oxygen atoms in total. The van der Waals surface area contributed by atoms with E-state index in [-0.39, 0.29) is 17.3 Å². The van der Waals surface area contributed by atoms with E-state index in [1.54, 1.807) is 12.1 Å². The van der Waals surface area contributed by atoms with Crippen molar-refractivity contribution < 1.29 is 17.5 Å². The van der Waals surface area contributed by atoms with Gasteiger partial charge >= 0.3 is 0 Å². The van der Waals surface area contributed by atoms with E-state index in [1.807, 2.05) is 0 Å². The van der Waals surface area contributed by atoms with Gasteiger partial charge < -0.3 is 4.74 Å². The number of primary sulfonamides is 1. The van der Waals surface area contributed by atoms with E-state index in [4.69, 9.17) is 9.88 Å². The van der Waals surface area contributed by atoms with Gasteiger partial charge in [0.15, 0.2) is 0 Å². The molecule has 0 aliphatic carbocycles. The lowest BCUT2D eigenvalue weighted by atomic mass is 10.2. The zero-order valence-electron chi connectivity index (χ0n) is 10.5. The zero-order valence-corrected chi connectivity index (χ0v) is 14.5. The second kappa shape index (κ2) is 6.43. The summed E-state index contributed by atoms with van der Waals surface area (Å²) in [6, 6.07) is 8.63. The third-order valence-corrected chi connectivity index (χ3v) is 4.80. The number of nitrogens with two attached hydrogens (primary N) is 1. The van der Waals surface area contributed by atoms with Crippen molar-refractivity contribution in [2.45, 2.75) is 11.5 Å². The molecule has 112 valence electrons. The van der Waals surface area contributed by atoms with Gasteiger partial charge in [-0.3, -0.25) is 0 Å². The molecule has 0 saturated carbocycles. The summed E-state index contributed by atoms with van der Waals surface area (Å²) in [6.45, 7) is 0.00248. The minimum Gasteiger partial charge on any atom is -0.487 e. The molecule has 0 spiro atoms. The summed E-state index contributed by atoms with van der Waals surface area (Å²) in [5.41, 5.74) is 0.554. The summed E-state index contributed by atoms with van der Waals surface area (Å²) >= 11 is 6.45. The van der Waals surface area contributed by atoms with Gasteiger partial charge in [0.1, 0.15) is 23.1 Å². The van der Waals surface area contributed by atoms with Crippen molar-refractivity contribution in [3.8, 4) is 5.75 Å². The van der Waals surface area contributed by atoms with Crippen LogP contribution in [-0.2, 0) is 16.6 Å². The number of hydrogen-bond donors (Lipinski definition) is 1. The van der Waals surface area contributed by atoms with Gasteiger partial charge in [-0.25, -0.2) is 17.9 Å². The van der Waals surface area contributed by atoms with Crippen LogP contribution in [0, 0.1) is 5.82 Å². The van der Waals surface area contributed by atoms with E-state index in [0.29, 0.717) is 14.5 Å². The summed E-state index contributed by atoms with van der Waals surface area (Å²) < 4.78 is 43.0. The molecule has 0 saturated heterocycles. The molecule has 2 rings (SSSR count). The highest BCUT2D eigenvalue weighted by Crippen LogP contribution is 2.28. The molecule has 2 N–H and O–H groups in total. The third kappa shape index (κ3) is 4.26. The Bertz CT molecular complexity index is 781. The number of rotatable bonds is 4. The fraction of sp³-hybridized carbons (Fsp3) is 0.0769. The van der Waals surface area contributed by atoms with E-state index < -0.39 is 15.8 Å². The first-order valence-electron chi connectivity index (χ1n) is 5.66. The summed E-state index contributed by atoms with van der Waals surface area (Å²) in [5, 5.41) is 5.15. The van der Waals surface area contributed by atoms with Crippen LogP contribution in [0.4, 0.5) is 4.39 Å². The predicted octanol–water partition coefficient (Wildman–Crippen LogP) is 3.58. The van der Waals surface area contributed by atoms with Crippen LogP contribution in [0.25, 0.3) is 0 Å². The smallest absolute Gasteiger partial charge is 0.241 e. The lowest BCUT2D eigenvalue weighted by Crippen LogP contribution is -2.14. The molecule has 0 amide bonds. The number of ether oxygens (including phenoxy) is 1. The molecule has 8 heteroatoms. The number of sulfonamides is 1. The maximum Gasteiger partial charge on any atom is 0.241 e. The van der Waals surface area contributed by atoms with Crippen molar-refractivity contribution in [3.63, 3.8) is 0 Å². The second-order valence-corrected chi connectivity index (χ2v) is 7.46. The Morgan fingerprint density at radius 3 is 2.52 bits per heavy atom. The van der Waals surface area contributed by atoms with Crippen molar-refractivity contribution in [2.24, 2.45) is 5.14 Å². The highest BCUT2D eigenvalue weighted by Gasteiger charge is 2.16. The van der Waals surface area contributed by atoms with E-state index in [0.717, 1.165) is 0 Å². The molecule has 0 unspecified atom stereocenters. The van der Waals surface area contributed by atoms with Crippen LogP contribution in [0.3, 0.4) is 0 Å². The number of halogens is 3. The van der Waals surface area contributed by atoms with Crippen molar-refractivity contribution in [2.75, 3.05) is 0 Å². The summed E-state index contributed by atoms with van der Waals surface area (Å²) in [4.78, 5) is -0.135. The molecular weight excluding hydrogens is 429 g/mol. The van der Waals surface area contributed by atoms with Crippen LogP contribution in [0.5, 0.6) is 5.75 Å². The van der Waals surface area contributed by atoms with Gasteiger partial charge in [0.2, 0.25) is 10.0 Å². The quantitative estimate of drug-likeness (QED) is 0.793. The monoisotopic (exact) mass is 437 g/mol. The number of hydrogen-bond acceptors (Lipinski definition) is 3. The maximum absolute atomic E-state index is 13.2. The lowest BCUT2D eigenvalue weighted by Gasteiger charge is -2.11. The average Bonchev–Trinajstić information content (AvgIpc) is 2.40. The van der Waals surface area contributed by atoms with Crippen molar-refractivity contribution in [1.29, 1.82) is 0 Å². The van der Waals surface area contributed by atoms with Crippen molar-refractivity contribution >= 4 is 41.9 Å². The summed E-state index contributed by atoms with van der Waals surface area (Å²) in [5.74, 6) is -0.295. The first-order valence-corrected chi connectivity index (χ1v) is 8.79. The van der Waals surface area contributed by atoms with Gasteiger partial charge in [-0.15, -0.1) is 0 Å². The zero-order chi connectivity index (χ0) is 15.6. The van der Waals surface area contributed by atoms with Crippen LogP contribution in [0.1, 0.15) is 5.56 Å². The van der Waals surface area contributed by atoms with Gasteiger partial charge in [0.25, 0.3) is 0 Å². The Morgan fingerprint density at radius 1 is 1.14 bits per heavy atom. The molecular formula is C13H10Br2FNO3S. The highest BCUT2D eigenvalue weighted by molar-refractivity contribution is 9.10. The van der Waals surface area contributed by atoms with Gasteiger partial charge in [0, 0.05) is 14.5 Å². The topological polar surface area (TPSA) is 69.4 Å². The van der Waals surface area contributed by atoms with E-state index >= 15 is 0 Å². The van der Waals surface area contributed by atoms with Crippen molar-refractivity contribution in [1.82, 2.24) is 0 Å². The Labute approximate surface area is 138 Å². The summed E-state index contributed by atoms with van der Waals surface area (Å²) in [7, 11) is -3.92. The Morgan fingerprint density at radius 2 is 1.86 bits per heavy atom. The minimum absolute atomic E-state index is 0.00248. The molecule has 0 bridgehead atoms. The molecule has 2 aromatic carbocycles. The summed E-state index contributed by atoms with van der Waals surface area (Å²) in [6.07, 6.45) is 0. The largest absolute Gasteiger partial charge is 0.487 e. The van der Waals surface area contributed by atoms with Crippen LogP contribution in [0.15, 0.2) is 50.2 Å². The van der Waals surface area contributed by atoms with Gasteiger partial charge in [-0.05, 0) is 36.4 Å². The Balaban J connectivity index is 2.30. The molecule has 21 heavy (non-hydrogen) atoms. The molecule has 2 aromatic rings. The van der Waals surface area contributed by atoms with E-state index in [2.05, 4.69) is 31.9 Å². The fourth-order valence-corrected chi connectivity index (χ4v) is 3.21. The SMILES string of the molecule is NS(=O)(=O)c1cc(Br)ccc1OCc1cc(F)ccc1Br. The molecule has 0 aliphatic rings. The highest BCUT2D eigenvalue weighted by atomic mass is 79.9. The van der Waals surface area contributed by atoms with Crippen LogP contribution >= 0.6 is 31.9 Å². The van der Waals surface area contributed by atoms with Crippen molar-refractivity contribution in [3.05, 3.63) is 56.7 Å². The van der Waals surface area contributed by atoms with E-state index in [9.17, 15) is 12.8 Å². The van der Waals surface area contributed by atoms with Gasteiger partial charge in [-0.2, -0.15) is 0 Å². The predicted molar refractivity (Wildman–Crippen MR) is 83.9 cm³/mol. The van der Waals surface area contributed by atoms with E-state index in [1.165, 1.54) is 24.3 Å². The van der Waals surface area contributed by atoms with Gasteiger partial charge in [0.05, 0.1) is 0 Å². The first-order chi connectivity index (χ1) is 9.77. The number of benzene rings is 2. The van der Waals surface area contributed by atoms with Crippen LogP contribution in [0.2, 0.25) is 0 Å². The Hall–Kier alpha value is -0.960. The third-order valence-electron chi connectivity index (χ3n) is 2.60. The molecule has 0 fully saturated rings. The molecule has 0 aromatic heterocycles. The molecule has 0 heterocycles. The normalized spacial score (nSPS) is 11.4.